The summed E-state index contributed by atoms with van der Waals surface area (Å²) < 4.78 is 18.8. The van der Waals surface area contributed by atoms with Gasteiger partial charge >= 0.3 is 0 Å². The largest absolute Gasteiger partial charge is 0.459 e. The molecule has 2 heterocycles. The first-order chi connectivity index (χ1) is 12.5. The number of rotatable bonds is 6. The summed E-state index contributed by atoms with van der Waals surface area (Å²) in [6.45, 7) is 1.71. The summed E-state index contributed by atoms with van der Waals surface area (Å²) in [6.07, 6.45) is 1.44. The number of anilines is 1. The lowest BCUT2D eigenvalue weighted by atomic mass is 10.1. The first kappa shape index (κ1) is 17.8. The molecule has 134 valence electrons. The second kappa shape index (κ2) is 7.92. The van der Waals surface area contributed by atoms with E-state index in [4.69, 9.17) is 4.42 Å². The summed E-state index contributed by atoms with van der Waals surface area (Å²) in [5.41, 5.74) is 0.938. The van der Waals surface area contributed by atoms with Crippen LogP contribution in [0.3, 0.4) is 0 Å². The zero-order chi connectivity index (χ0) is 18.5. The van der Waals surface area contributed by atoms with Crippen molar-refractivity contribution in [1.29, 1.82) is 0 Å². The minimum Gasteiger partial charge on any atom is -0.459 e. The molecule has 0 fully saturated rings. The molecule has 26 heavy (non-hydrogen) atoms. The maximum absolute atomic E-state index is 13.7. The molecule has 6 nitrogen and oxygen atoms in total. The highest BCUT2D eigenvalue weighted by Crippen LogP contribution is 2.19. The van der Waals surface area contributed by atoms with Crippen LogP contribution in [0.2, 0.25) is 0 Å². The number of carbonyl (C=O) groups is 2. The second-order valence-electron chi connectivity index (χ2n) is 5.56. The van der Waals surface area contributed by atoms with Gasteiger partial charge in [0.2, 0.25) is 5.91 Å². The lowest BCUT2D eigenvalue weighted by molar-refractivity contribution is -0.121. The van der Waals surface area contributed by atoms with E-state index in [1.807, 2.05) is 0 Å². The Labute approximate surface area is 153 Å². The van der Waals surface area contributed by atoms with Crippen molar-refractivity contribution >= 4 is 28.3 Å². The molecule has 0 radical (unpaired) electrons. The Morgan fingerprint density at radius 3 is 2.81 bits per heavy atom. The highest BCUT2D eigenvalue weighted by molar-refractivity contribution is 7.14. The van der Waals surface area contributed by atoms with Gasteiger partial charge in [0, 0.05) is 10.9 Å². The lowest BCUT2D eigenvalue weighted by Gasteiger charge is -2.14. The first-order valence-corrected chi connectivity index (χ1v) is 8.74. The molecule has 2 aromatic heterocycles. The standard InChI is InChI=1S/C18H16FN3O3S/c1-11(13-5-2-3-6-14(13)19)20-16(23)9-12-10-26-18(21-12)22-17(24)15-7-4-8-25-15/h2-8,10-11H,9H2,1H3,(H,20,23)(H,21,22,24). The van der Waals surface area contributed by atoms with Crippen molar-refractivity contribution in [2.45, 2.75) is 19.4 Å². The van der Waals surface area contributed by atoms with Gasteiger partial charge in [-0.05, 0) is 25.1 Å². The van der Waals surface area contributed by atoms with Crippen LogP contribution in [0, 0.1) is 5.82 Å². The van der Waals surface area contributed by atoms with Crippen LogP contribution in [0.15, 0.2) is 52.5 Å². The molecule has 8 heteroatoms. The van der Waals surface area contributed by atoms with E-state index >= 15 is 0 Å². The minimum atomic E-state index is -0.458. The van der Waals surface area contributed by atoms with Gasteiger partial charge in [0.05, 0.1) is 24.4 Å². The van der Waals surface area contributed by atoms with E-state index in [1.165, 1.54) is 23.7 Å². The zero-order valence-corrected chi connectivity index (χ0v) is 14.7. The maximum Gasteiger partial charge on any atom is 0.293 e. The SMILES string of the molecule is CC(NC(=O)Cc1csc(NC(=O)c2ccco2)n1)c1ccccc1F. The minimum absolute atomic E-state index is 0.0336. The van der Waals surface area contributed by atoms with Crippen molar-refractivity contribution in [3.8, 4) is 0 Å². The van der Waals surface area contributed by atoms with Gasteiger partial charge in [0.1, 0.15) is 5.82 Å². The molecule has 3 rings (SSSR count). The normalized spacial score (nSPS) is 11.8. The van der Waals surface area contributed by atoms with E-state index in [0.717, 1.165) is 0 Å². The third kappa shape index (κ3) is 4.34. The van der Waals surface area contributed by atoms with Crippen molar-refractivity contribution in [3.05, 3.63) is 70.9 Å². The van der Waals surface area contributed by atoms with Crippen LogP contribution in [0.1, 0.15) is 34.8 Å². The number of hydrogen-bond donors (Lipinski definition) is 2. The Hall–Kier alpha value is -3.00. The average Bonchev–Trinajstić information content (AvgIpc) is 3.27. The van der Waals surface area contributed by atoms with Crippen molar-refractivity contribution in [2.24, 2.45) is 0 Å². The number of carbonyl (C=O) groups excluding carboxylic acids is 2. The molecule has 0 bridgehead atoms. The molecule has 2 amide bonds. The van der Waals surface area contributed by atoms with Gasteiger partial charge in [-0.2, -0.15) is 0 Å². The number of nitrogens with zero attached hydrogens (tertiary/aromatic N) is 1. The summed E-state index contributed by atoms with van der Waals surface area (Å²) in [5.74, 6) is -0.876. The Morgan fingerprint density at radius 1 is 1.27 bits per heavy atom. The fourth-order valence-electron chi connectivity index (χ4n) is 2.37. The Morgan fingerprint density at radius 2 is 2.08 bits per heavy atom. The molecular weight excluding hydrogens is 357 g/mol. The molecule has 1 atom stereocenters. The van der Waals surface area contributed by atoms with Crippen LogP contribution < -0.4 is 10.6 Å². The summed E-state index contributed by atoms with van der Waals surface area (Å²) in [4.78, 5) is 28.3. The number of furan rings is 1. The van der Waals surface area contributed by atoms with E-state index < -0.39 is 11.9 Å². The molecule has 2 N–H and O–H groups in total. The quantitative estimate of drug-likeness (QED) is 0.692. The van der Waals surface area contributed by atoms with E-state index in [1.54, 1.807) is 42.6 Å². The molecule has 1 aromatic carbocycles. The molecule has 0 aliphatic carbocycles. The highest BCUT2D eigenvalue weighted by Gasteiger charge is 2.16. The second-order valence-corrected chi connectivity index (χ2v) is 6.42. The van der Waals surface area contributed by atoms with E-state index in [2.05, 4.69) is 15.6 Å². The van der Waals surface area contributed by atoms with Crippen LogP contribution in [0.25, 0.3) is 0 Å². The van der Waals surface area contributed by atoms with Crippen LogP contribution in [0.4, 0.5) is 9.52 Å². The molecule has 3 aromatic rings. The van der Waals surface area contributed by atoms with Gasteiger partial charge in [0.15, 0.2) is 10.9 Å². The van der Waals surface area contributed by atoms with Crippen LogP contribution in [-0.2, 0) is 11.2 Å². The summed E-state index contributed by atoms with van der Waals surface area (Å²) in [5, 5.41) is 7.40. The van der Waals surface area contributed by atoms with Gasteiger partial charge < -0.3 is 9.73 Å². The van der Waals surface area contributed by atoms with E-state index in [9.17, 15) is 14.0 Å². The summed E-state index contributed by atoms with van der Waals surface area (Å²) >= 11 is 1.21. The fourth-order valence-corrected chi connectivity index (χ4v) is 3.08. The average molecular weight is 373 g/mol. The Bertz CT molecular complexity index is 908. The molecule has 0 saturated heterocycles. The van der Waals surface area contributed by atoms with Crippen LogP contribution in [-0.4, -0.2) is 16.8 Å². The third-order valence-electron chi connectivity index (χ3n) is 3.61. The van der Waals surface area contributed by atoms with Crippen LogP contribution >= 0.6 is 11.3 Å². The predicted molar refractivity (Wildman–Crippen MR) is 95.4 cm³/mol. The number of thiazole rings is 1. The van der Waals surface area contributed by atoms with Crippen molar-refractivity contribution in [3.63, 3.8) is 0 Å². The summed E-state index contributed by atoms with van der Waals surface area (Å²) in [6, 6.07) is 9.00. The van der Waals surface area contributed by atoms with Crippen molar-refractivity contribution in [1.82, 2.24) is 10.3 Å². The zero-order valence-electron chi connectivity index (χ0n) is 13.9. The number of benzene rings is 1. The first-order valence-electron chi connectivity index (χ1n) is 7.86. The Kier molecular flexibility index (Phi) is 5.43. The molecule has 0 aliphatic heterocycles. The monoisotopic (exact) mass is 373 g/mol. The molecule has 1 unspecified atom stereocenters. The number of halogens is 1. The van der Waals surface area contributed by atoms with Gasteiger partial charge in [-0.15, -0.1) is 11.3 Å². The van der Waals surface area contributed by atoms with Gasteiger partial charge in [-0.25, -0.2) is 9.37 Å². The number of aromatic nitrogens is 1. The summed E-state index contributed by atoms with van der Waals surface area (Å²) in [7, 11) is 0. The van der Waals surface area contributed by atoms with E-state index in [0.29, 0.717) is 16.4 Å². The van der Waals surface area contributed by atoms with Gasteiger partial charge in [-0.3, -0.25) is 14.9 Å². The lowest BCUT2D eigenvalue weighted by Crippen LogP contribution is -2.28. The van der Waals surface area contributed by atoms with Gasteiger partial charge in [-0.1, -0.05) is 18.2 Å². The number of nitrogens with one attached hydrogen (secondary N) is 2. The van der Waals surface area contributed by atoms with Crippen LogP contribution in [0.5, 0.6) is 0 Å². The smallest absolute Gasteiger partial charge is 0.293 e. The van der Waals surface area contributed by atoms with E-state index in [-0.39, 0.29) is 23.9 Å². The van der Waals surface area contributed by atoms with Crippen molar-refractivity contribution in [2.75, 3.05) is 5.32 Å². The Balaban J connectivity index is 1.56. The van der Waals surface area contributed by atoms with Crippen molar-refractivity contribution < 1.29 is 18.4 Å². The topological polar surface area (TPSA) is 84.2 Å². The molecule has 0 aliphatic rings. The molecule has 0 saturated carbocycles. The fraction of sp³-hybridized carbons (Fsp3) is 0.167. The molecular formula is C18H16FN3O3S. The number of hydrogen-bond acceptors (Lipinski definition) is 5. The molecule has 0 spiro atoms. The predicted octanol–water partition coefficient (Wildman–Crippen LogP) is 3.55. The number of amides is 2. The maximum atomic E-state index is 13.7. The third-order valence-corrected chi connectivity index (χ3v) is 4.41. The van der Waals surface area contributed by atoms with Gasteiger partial charge in [0.25, 0.3) is 5.91 Å². The highest BCUT2D eigenvalue weighted by atomic mass is 32.1.